The van der Waals surface area contributed by atoms with Crippen molar-refractivity contribution in [1.29, 1.82) is 0 Å². The van der Waals surface area contributed by atoms with E-state index in [0.717, 1.165) is 12.8 Å². The van der Waals surface area contributed by atoms with Crippen molar-refractivity contribution in [3.05, 3.63) is 17.7 Å². The van der Waals surface area contributed by atoms with Gasteiger partial charge in [-0.25, -0.2) is 0 Å². The lowest BCUT2D eigenvalue weighted by molar-refractivity contribution is 0.366. The highest BCUT2D eigenvalue weighted by molar-refractivity contribution is 5.51. The van der Waals surface area contributed by atoms with Gasteiger partial charge in [-0.05, 0) is 36.5 Å². The molecule has 4 nitrogen and oxygen atoms in total. The zero-order valence-corrected chi connectivity index (χ0v) is 7.64. The molecule has 14 heavy (non-hydrogen) atoms. The molecule has 0 spiro atoms. The quantitative estimate of drug-likeness (QED) is 0.534. The van der Waals surface area contributed by atoms with Crippen LogP contribution in [0.2, 0.25) is 0 Å². The first kappa shape index (κ1) is 9.15. The summed E-state index contributed by atoms with van der Waals surface area (Å²) in [5.41, 5.74) is 6.55. The summed E-state index contributed by atoms with van der Waals surface area (Å²) in [4.78, 5) is 0. The average Bonchev–Trinajstić information content (AvgIpc) is 2.95. The van der Waals surface area contributed by atoms with Crippen LogP contribution in [0.25, 0.3) is 0 Å². The topological polar surface area (TPSA) is 86.7 Å². The Bertz CT molecular complexity index is 337. The number of benzene rings is 1. The summed E-state index contributed by atoms with van der Waals surface area (Å²) in [5.74, 6) is -0.692. The number of phenolic OH excluding ortho intramolecular Hbond substituents is 3. The third-order valence-corrected chi connectivity index (χ3v) is 2.61. The van der Waals surface area contributed by atoms with Crippen LogP contribution in [0.5, 0.6) is 17.2 Å². The van der Waals surface area contributed by atoms with Crippen molar-refractivity contribution in [2.24, 2.45) is 11.7 Å². The molecule has 1 aliphatic carbocycles. The summed E-state index contributed by atoms with van der Waals surface area (Å²) in [6, 6.07) is 2.64. The van der Waals surface area contributed by atoms with E-state index in [1.807, 2.05) is 0 Å². The Hall–Kier alpha value is -1.42. The molecule has 0 unspecified atom stereocenters. The minimum Gasteiger partial charge on any atom is -0.504 e. The van der Waals surface area contributed by atoms with Crippen LogP contribution in [0.15, 0.2) is 12.1 Å². The van der Waals surface area contributed by atoms with Gasteiger partial charge >= 0.3 is 0 Å². The van der Waals surface area contributed by atoms with Crippen LogP contribution in [-0.2, 0) is 0 Å². The molecular weight excluding hydrogens is 182 g/mol. The van der Waals surface area contributed by atoms with E-state index in [2.05, 4.69) is 0 Å². The van der Waals surface area contributed by atoms with Gasteiger partial charge in [0.15, 0.2) is 17.2 Å². The van der Waals surface area contributed by atoms with Crippen molar-refractivity contribution < 1.29 is 15.3 Å². The highest BCUT2D eigenvalue weighted by Crippen LogP contribution is 2.43. The van der Waals surface area contributed by atoms with Crippen molar-refractivity contribution in [3.63, 3.8) is 0 Å². The molecule has 2 rings (SSSR count). The maximum absolute atomic E-state index is 9.27. The second-order valence-corrected chi connectivity index (χ2v) is 3.77. The van der Waals surface area contributed by atoms with Gasteiger partial charge in [0.05, 0.1) is 0 Å². The fourth-order valence-electron chi connectivity index (χ4n) is 1.55. The van der Waals surface area contributed by atoms with Crippen LogP contribution < -0.4 is 5.73 Å². The molecule has 0 aromatic heterocycles. The lowest BCUT2D eigenvalue weighted by Gasteiger charge is -2.12. The van der Waals surface area contributed by atoms with Crippen LogP contribution >= 0.6 is 0 Å². The predicted octanol–water partition coefficient (Wildman–Crippen LogP) is 1.21. The molecule has 0 heterocycles. The predicted molar refractivity (Wildman–Crippen MR) is 51.1 cm³/mol. The fraction of sp³-hybridized carbons (Fsp3) is 0.400. The Kier molecular flexibility index (Phi) is 2.00. The van der Waals surface area contributed by atoms with Crippen LogP contribution in [0.1, 0.15) is 24.4 Å². The Morgan fingerprint density at radius 2 is 1.64 bits per heavy atom. The minimum atomic E-state index is -0.489. The first-order valence-electron chi connectivity index (χ1n) is 4.60. The molecule has 1 atom stereocenters. The lowest BCUT2D eigenvalue weighted by atomic mass is 10.0. The van der Waals surface area contributed by atoms with Gasteiger partial charge in [-0.2, -0.15) is 0 Å². The zero-order chi connectivity index (χ0) is 10.3. The zero-order valence-electron chi connectivity index (χ0n) is 7.64. The van der Waals surface area contributed by atoms with Crippen LogP contribution in [0.4, 0.5) is 0 Å². The lowest BCUT2D eigenvalue weighted by Crippen LogP contribution is -2.11. The third kappa shape index (κ3) is 1.48. The summed E-state index contributed by atoms with van der Waals surface area (Å²) in [7, 11) is 0. The standard InChI is InChI=1S/C10H13NO3/c11-9(5-1-2-5)6-3-7(12)10(14)8(13)4-6/h3-5,9,12-14H,1-2,11H2/t9-/m1/s1. The molecule has 0 amide bonds. The van der Waals surface area contributed by atoms with Crippen molar-refractivity contribution in [2.45, 2.75) is 18.9 Å². The Balaban J connectivity index is 2.34. The summed E-state index contributed by atoms with van der Waals surface area (Å²) >= 11 is 0. The second kappa shape index (κ2) is 3.06. The SMILES string of the molecule is N[C@@H](c1cc(O)c(O)c(O)c1)C1CC1. The van der Waals surface area contributed by atoms with Crippen LogP contribution in [-0.4, -0.2) is 15.3 Å². The molecule has 1 saturated carbocycles. The summed E-state index contributed by atoms with van der Waals surface area (Å²) in [5, 5.41) is 27.7. The molecule has 0 saturated heterocycles. The van der Waals surface area contributed by atoms with Gasteiger partial charge in [0.2, 0.25) is 0 Å². The summed E-state index contributed by atoms with van der Waals surface area (Å²) in [6.07, 6.45) is 2.17. The normalized spacial score (nSPS) is 18.1. The van der Waals surface area contributed by atoms with Crippen LogP contribution in [0.3, 0.4) is 0 Å². The van der Waals surface area contributed by atoms with E-state index in [9.17, 15) is 10.2 Å². The van der Waals surface area contributed by atoms with Crippen molar-refractivity contribution in [2.75, 3.05) is 0 Å². The number of nitrogens with two attached hydrogens (primary N) is 1. The van der Waals surface area contributed by atoms with E-state index >= 15 is 0 Å². The Morgan fingerprint density at radius 1 is 1.14 bits per heavy atom. The van der Waals surface area contributed by atoms with Crippen molar-refractivity contribution >= 4 is 0 Å². The smallest absolute Gasteiger partial charge is 0.200 e. The second-order valence-electron chi connectivity index (χ2n) is 3.77. The highest BCUT2D eigenvalue weighted by Gasteiger charge is 2.30. The number of hydrogen-bond acceptors (Lipinski definition) is 4. The van der Waals surface area contributed by atoms with Gasteiger partial charge < -0.3 is 21.1 Å². The minimum absolute atomic E-state index is 0.160. The van der Waals surface area contributed by atoms with Gasteiger partial charge in [0.1, 0.15) is 0 Å². The molecule has 1 aromatic rings. The monoisotopic (exact) mass is 195 g/mol. The number of phenols is 3. The maximum Gasteiger partial charge on any atom is 0.200 e. The van der Waals surface area contributed by atoms with Gasteiger partial charge in [0.25, 0.3) is 0 Å². The summed E-state index contributed by atoms with van der Waals surface area (Å²) < 4.78 is 0. The highest BCUT2D eigenvalue weighted by atomic mass is 16.3. The molecule has 1 aliphatic rings. The molecule has 5 N–H and O–H groups in total. The molecule has 0 bridgehead atoms. The Labute approximate surface area is 81.6 Å². The molecule has 1 aromatic carbocycles. The van der Waals surface area contributed by atoms with E-state index in [1.54, 1.807) is 0 Å². The largest absolute Gasteiger partial charge is 0.504 e. The molecule has 0 radical (unpaired) electrons. The molecular formula is C10H13NO3. The van der Waals surface area contributed by atoms with Gasteiger partial charge in [-0.3, -0.25) is 0 Å². The number of hydrogen-bond donors (Lipinski definition) is 4. The van der Waals surface area contributed by atoms with Gasteiger partial charge in [0, 0.05) is 6.04 Å². The van der Waals surface area contributed by atoms with E-state index in [4.69, 9.17) is 10.8 Å². The fourth-order valence-corrected chi connectivity index (χ4v) is 1.55. The molecule has 76 valence electrons. The van der Waals surface area contributed by atoms with E-state index in [-0.39, 0.29) is 17.5 Å². The van der Waals surface area contributed by atoms with Gasteiger partial charge in [-0.15, -0.1) is 0 Å². The Morgan fingerprint density at radius 3 is 2.07 bits per heavy atom. The summed E-state index contributed by atoms with van der Waals surface area (Å²) in [6.45, 7) is 0. The number of rotatable bonds is 2. The van der Waals surface area contributed by atoms with Gasteiger partial charge in [-0.1, -0.05) is 0 Å². The van der Waals surface area contributed by atoms with E-state index in [0.29, 0.717) is 11.5 Å². The van der Waals surface area contributed by atoms with Crippen molar-refractivity contribution in [3.8, 4) is 17.2 Å². The average molecular weight is 195 g/mol. The molecule has 1 fully saturated rings. The third-order valence-electron chi connectivity index (χ3n) is 2.61. The van der Waals surface area contributed by atoms with E-state index in [1.165, 1.54) is 12.1 Å². The first-order chi connectivity index (χ1) is 6.59. The molecule has 0 aliphatic heterocycles. The van der Waals surface area contributed by atoms with Crippen molar-refractivity contribution in [1.82, 2.24) is 0 Å². The number of aromatic hydroxyl groups is 3. The van der Waals surface area contributed by atoms with E-state index < -0.39 is 5.75 Å². The first-order valence-corrected chi connectivity index (χ1v) is 4.60. The van der Waals surface area contributed by atoms with Crippen LogP contribution in [0, 0.1) is 5.92 Å². The maximum atomic E-state index is 9.27. The molecule has 4 heteroatoms.